The van der Waals surface area contributed by atoms with Crippen molar-refractivity contribution < 1.29 is 18.0 Å². The lowest BCUT2D eigenvalue weighted by Crippen LogP contribution is -2.04. The second-order valence-electron chi connectivity index (χ2n) is 8.59. The fourth-order valence-electron chi connectivity index (χ4n) is 2.48. The van der Waals surface area contributed by atoms with Crippen molar-refractivity contribution in [1.82, 2.24) is 0 Å². The number of allylic oxidation sites excluding steroid dienone is 10. The Morgan fingerprint density at radius 3 is 1.88 bits per heavy atom. The zero-order chi connectivity index (χ0) is 32.0. The maximum absolute atomic E-state index is 12.0. The summed E-state index contributed by atoms with van der Waals surface area (Å²) in [7, 11) is 0. The summed E-state index contributed by atoms with van der Waals surface area (Å²) in [5.41, 5.74) is 3.32. The number of carbonyl (C=O) groups is 1. The highest BCUT2D eigenvalue weighted by molar-refractivity contribution is 5.96. The zero-order valence-corrected chi connectivity index (χ0v) is 27.0. The molecule has 0 N–H and O–H groups in total. The van der Waals surface area contributed by atoms with E-state index in [-0.39, 0.29) is 5.78 Å². The number of rotatable bonds is 10. The number of hydrogen-bond acceptors (Lipinski definition) is 1. The van der Waals surface area contributed by atoms with Gasteiger partial charge in [0.2, 0.25) is 0 Å². The first kappa shape index (κ1) is 44.1. The number of carbonyl (C=O) groups excluding carboxylic acids is 1. The van der Waals surface area contributed by atoms with E-state index in [9.17, 15) is 18.0 Å². The number of benzene rings is 1. The average Bonchev–Trinajstić information content (AvgIpc) is 2.94. The normalized spacial score (nSPS) is 11.1. The minimum absolute atomic E-state index is 0.0492. The Morgan fingerprint density at radius 1 is 0.975 bits per heavy atom. The first-order valence-corrected chi connectivity index (χ1v) is 14.5. The van der Waals surface area contributed by atoms with Gasteiger partial charge in [0, 0.05) is 5.57 Å². The number of ketones is 1. The van der Waals surface area contributed by atoms with Gasteiger partial charge in [-0.05, 0) is 53.0 Å². The van der Waals surface area contributed by atoms with Crippen molar-refractivity contribution >= 4 is 5.78 Å². The highest BCUT2D eigenvalue weighted by Gasteiger charge is 2.29. The monoisotopic (exact) mass is 562 g/mol. The predicted octanol–water partition coefficient (Wildman–Crippen LogP) is 12.8. The third-order valence-corrected chi connectivity index (χ3v) is 5.10. The largest absolute Gasteiger partial charge is 0.416 e. The van der Waals surface area contributed by atoms with Crippen LogP contribution < -0.4 is 0 Å². The summed E-state index contributed by atoms with van der Waals surface area (Å²) in [5.74, 6) is 0.0492. The molecule has 0 saturated carbocycles. The van der Waals surface area contributed by atoms with Crippen LogP contribution in [0.4, 0.5) is 13.2 Å². The molecule has 0 saturated heterocycles. The molecule has 1 nitrogen and oxygen atoms in total. The van der Waals surface area contributed by atoms with Crippen LogP contribution >= 0.6 is 0 Å². The minimum atomic E-state index is -4.22. The van der Waals surface area contributed by atoms with E-state index in [0.29, 0.717) is 11.1 Å². The van der Waals surface area contributed by atoms with Gasteiger partial charge in [0.05, 0.1) is 5.56 Å². The van der Waals surface area contributed by atoms with E-state index in [1.54, 1.807) is 25.1 Å². The van der Waals surface area contributed by atoms with E-state index >= 15 is 0 Å². The highest BCUT2D eigenvalue weighted by atomic mass is 19.4. The first-order valence-electron chi connectivity index (χ1n) is 14.5. The van der Waals surface area contributed by atoms with Gasteiger partial charge >= 0.3 is 6.18 Å². The van der Waals surface area contributed by atoms with Gasteiger partial charge < -0.3 is 0 Å². The summed E-state index contributed by atoms with van der Waals surface area (Å²) in [6.07, 6.45) is 16.6. The van der Waals surface area contributed by atoms with Crippen LogP contribution in [0.25, 0.3) is 0 Å². The number of alkyl halides is 3. The maximum atomic E-state index is 12.0. The Morgan fingerprint density at radius 2 is 1.55 bits per heavy atom. The van der Waals surface area contributed by atoms with Crippen molar-refractivity contribution in [3.8, 4) is 0 Å². The van der Waals surface area contributed by atoms with Gasteiger partial charge in [-0.3, -0.25) is 4.79 Å². The summed E-state index contributed by atoms with van der Waals surface area (Å²) in [4.78, 5) is 10.7. The van der Waals surface area contributed by atoms with Crippen molar-refractivity contribution in [2.75, 3.05) is 0 Å². The Labute approximate surface area is 245 Å². The molecule has 1 aromatic rings. The van der Waals surface area contributed by atoms with Crippen LogP contribution in [-0.2, 0) is 11.0 Å². The second kappa shape index (κ2) is 30.7. The Hall–Kier alpha value is -2.88. The lowest BCUT2D eigenvalue weighted by molar-refractivity contribution is -0.137. The third-order valence-electron chi connectivity index (χ3n) is 5.10. The molecule has 40 heavy (non-hydrogen) atoms. The van der Waals surface area contributed by atoms with Crippen LogP contribution in [-0.4, -0.2) is 5.78 Å². The summed E-state index contributed by atoms with van der Waals surface area (Å²) in [5, 5.41) is 0. The molecule has 0 atom stereocenters. The van der Waals surface area contributed by atoms with E-state index in [4.69, 9.17) is 0 Å². The molecule has 4 heteroatoms. The third kappa shape index (κ3) is 29.7. The van der Waals surface area contributed by atoms with E-state index in [1.807, 2.05) is 32.9 Å². The van der Waals surface area contributed by atoms with Crippen molar-refractivity contribution in [3.63, 3.8) is 0 Å². The van der Waals surface area contributed by atoms with Gasteiger partial charge in [0.15, 0.2) is 5.78 Å². The summed E-state index contributed by atoms with van der Waals surface area (Å²) < 4.78 is 35.9. The van der Waals surface area contributed by atoms with Crippen molar-refractivity contribution in [3.05, 3.63) is 108 Å². The Balaban J connectivity index is -0.000000222. The molecule has 1 rings (SSSR count). The Bertz CT molecular complexity index is 895. The molecule has 0 heterocycles. The zero-order valence-electron chi connectivity index (χ0n) is 27.0. The van der Waals surface area contributed by atoms with Gasteiger partial charge in [0.25, 0.3) is 0 Å². The van der Waals surface area contributed by atoms with Gasteiger partial charge in [-0.25, -0.2) is 0 Å². The van der Waals surface area contributed by atoms with Gasteiger partial charge in [-0.1, -0.05) is 151 Å². The molecular weight excluding hydrogens is 505 g/mol. The molecular formula is C36H57F3O. The number of unbranched alkanes of at least 4 members (excludes halogenated alkanes) is 2. The van der Waals surface area contributed by atoms with Crippen LogP contribution in [0.1, 0.15) is 112 Å². The molecule has 0 radical (unpaired) electrons. The quantitative estimate of drug-likeness (QED) is 0.205. The predicted molar refractivity (Wildman–Crippen MR) is 174 cm³/mol. The average molecular weight is 563 g/mol. The van der Waals surface area contributed by atoms with Crippen LogP contribution in [0.15, 0.2) is 96.7 Å². The molecule has 0 aliphatic rings. The lowest BCUT2D eigenvalue weighted by atomic mass is 10.1. The van der Waals surface area contributed by atoms with Crippen molar-refractivity contribution in [1.29, 1.82) is 0 Å². The number of Topliss-reactive ketones (excluding diaryl/α,β-unsaturated/α-hetero) is 1. The van der Waals surface area contributed by atoms with Crippen molar-refractivity contribution in [2.24, 2.45) is 0 Å². The topological polar surface area (TPSA) is 17.1 Å². The highest BCUT2D eigenvalue weighted by Crippen LogP contribution is 2.29. The van der Waals surface area contributed by atoms with Crippen LogP contribution in [0.2, 0.25) is 0 Å². The van der Waals surface area contributed by atoms with E-state index in [1.165, 1.54) is 49.8 Å². The number of aryl methyl sites for hydroxylation is 1. The van der Waals surface area contributed by atoms with Crippen LogP contribution in [0.5, 0.6) is 0 Å². The minimum Gasteiger partial charge on any atom is -0.295 e. The molecule has 0 aliphatic heterocycles. The maximum Gasteiger partial charge on any atom is 0.416 e. The van der Waals surface area contributed by atoms with E-state index in [0.717, 1.165) is 25.0 Å². The van der Waals surface area contributed by atoms with Crippen LogP contribution in [0.3, 0.4) is 0 Å². The van der Waals surface area contributed by atoms with E-state index in [2.05, 4.69) is 66.0 Å². The summed E-state index contributed by atoms with van der Waals surface area (Å²) >= 11 is 0. The molecule has 0 bridgehead atoms. The molecule has 0 spiro atoms. The van der Waals surface area contributed by atoms with E-state index < -0.39 is 11.7 Å². The smallest absolute Gasteiger partial charge is 0.295 e. The molecule has 0 aromatic heterocycles. The number of halogens is 3. The standard InChI is InChI=1S/C13H22.C9H12O.C8H7F3.C4H10.C2H6/c1-5-8-9-12(4)10-11-13(6-2)7-3;1-4-6-7-9(5-2)8(3)10;1-6-3-2-4-7(5-6)8(9,10)11;1-3-4-2;1-2/h6,10-11H,4-5,7-9H2,1-3H3;4-7H,2H2,1,3H3;2-5H,1H3;3-4H2,1-2H3;1-2H3/b11-10-,13-6-;6-4-,9-7+;;;. The molecule has 1 aromatic carbocycles. The summed E-state index contributed by atoms with van der Waals surface area (Å²) in [6, 6.07) is 5.22. The SMILES string of the molecule is C=C(/C=C\C(=C/C)CC)CCCC.C=C/C(=C\C=C/C)C(C)=O.CC.CCCC.Cc1cccc(C(F)(F)F)c1. The van der Waals surface area contributed by atoms with Gasteiger partial charge in [-0.2, -0.15) is 13.2 Å². The fourth-order valence-corrected chi connectivity index (χ4v) is 2.48. The number of hydrogen-bond donors (Lipinski definition) is 0. The Kier molecular flexibility index (Phi) is 33.8. The van der Waals surface area contributed by atoms with Crippen LogP contribution in [0, 0.1) is 6.92 Å². The van der Waals surface area contributed by atoms with Crippen molar-refractivity contribution in [2.45, 2.75) is 114 Å². The van der Waals surface area contributed by atoms with Gasteiger partial charge in [-0.15, -0.1) is 0 Å². The fraction of sp³-hybridized carbons (Fsp3) is 0.472. The molecule has 0 amide bonds. The second-order valence-corrected chi connectivity index (χ2v) is 8.59. The lowest BCUT2D eigenvalue weighted by Gasteiger charge is -2.05. The molecule has 228 valence electrons. The first-order chi connectivity index (χ1) is 18.9. The summed E-state index contributed by atoms with van der Waals surface area (Å²) in [6.45, 7) is 27.4. The van der Waals surface area contributed by atoms with Gasteiger partial charge in [0.1, 0.15) is 0 Å². The molecule has 0 fully saturated rings. The molecule has 0 aliphatic carbocycles. The molecule has 0 unspecified atom stereocenters.